The Hall–Kier alpha value is -6.49. The number of para-hydroxylation sites is 1. The SMILES string of the molecule is Cc1ccnc(-n2c3ccccc3c3cc(-c4ccc(N(c5ccc(-c6ccccc6)cc5)c5ccc6c(c5)sc5ccccc56)cc4)ccc32)c1. The lowest BCUT2D eigenvalue weighted by Crippen LogP contribution is -2.09. The maximum atomic E-state index is 4.75. The van der Waals surface area contributed by atoms with Crippen LogP contribution in [-0.2, 0) is 0 Å². The molecule has 0 amide bonds. The molecule has 246 valence electrons. The van der Waals surface area contributed by atoms with E-state index in [0.717, 1.165) is 33.9 Å². The fourth-order valence-electron chi connectivity index (χ4n) is 7.58. The van der Waals surface area contributed by atoms with Crippen molar-refractivity contribution in [2.75, 3.05) is 4.90 Å². The molecule has 0 radical (unpaired) electrons. The highest BCUT2D eigenvalue weighted by Crippen LogP contribution is 2.42. The summed E-state index contributed by atoms with van der Waals surface area (Å²) in [7, 11) is 0. The normalized spacial score (nSPS) is 11.6. The van der Waals surface area contributed by atoms with Gasteiger partial charge in [-0.15, -0.1) is 11.3 Å². The number of thiophene rings is 1. The largest absolute Gasteiger partial charge is 0.310 e. The lowest BCUT2D eigenvalue weighted by molar-refractivity contribution is 1.07. The minimum Gasteiger partial charge on any atom is -0.310 e. The van der Waals surface area contributed by atoms with Gasteiger partial charge in [0.2, 0.25) is 0 Å². The first-order valence-electron chi connectivity index (χ1n) is 17.6. The van der Waals surface area contributed by atoms with Crippen LogP contribution >= 0.6 is 11.3 Å². The number of benzene rings is 7. The number of anilines is 3. The number of pyridine rings is 1. The summed E-state index contributed by atoms with van der Waals surface area (Å²) in [6.45, 7) is 2.12. The highest BCUT2D eigenvalue weighted by Gasteiger charge is 2.17. The molecule has 0 saturated carbocycles. The van der Waals surface area contributed by atoms with Gasteiger partial charge in [0.15, 0.2) is 0 Å². The van der Waals surface area contributed by atoms with Crippen LogP contribution in [0.4, 0.5) is 17.1 Å². The average Bonchev–Trinajstić information content (AvgIpc) is 3.74. The molecule has 0 fully saturated rings. The quantitative estimate of drug-likeness (QED) is 0.174. The van der Waals surface area contributed by atoms with E-state index in [9.17, 15) is 0 Å². The number of aryl methyl sites for hydroxylation is 1. The third kappa shape index (κ3) is 5.15. The molecule has 0 aliphatic carbocycles. The third-order valence-corrected chi connectivity index (χ3v) is 11.2. The van der Waals surface area contributed by atoms with Crippen LogP contribution in [0.15, 0.2) is 182 Å². The van der Waals surface area contributed by atoms with Crippen molar-refractivity contribution in [3.05, 3.63) is 188 Å². The summed E-state index contributed by atoms with van der Waals surface area (Å²) in [6.07, 6.45) is 1.89. The summed E-state index contributed by atoms with van der Waals surface area (Å²) in [5, 5.41) is 5.06. The predicted molar refractivity (Wildman–Crippen MR) is 222 cm³/mol. The van der Waals surface area contributed by atoms with Gasteiger partial charge in [-0.2, -0.15) is 0 Å². The fraction of sp³-hybridized carbons (Fsp3) is 0.0208. The standard InChI is InChI=1S/C48H33N3S/c1-32-27-28-49-48(29-32)51-44-13-7-5-11-40(44)43-30-36(19-26-45(43)51)35-17-22-38(23-18-35)50(37-20-15-34(16-21-37)33-9-3-2-4-10-33)39-24-25-42-41-12-6-8-14-46(41)52-47(42)31-39/h2-31H,1H3. The molecule has 0 N–H and O–H groups in total. The zero-order chi connectivity index (χ0) is 34.6. The molecule has 0 saturated heterocycles. The minimum atomic E-state index is 0.939. The Morgan fingerprint density at radius 1 is 0.442 bits per heavy atom. The maximum absolute atomic E-state index is 4.75. The van der Waals surface area contributed by atoms with Crippen LogP contribution in [0.5, 0.6) is 0 Å². The van der Waals surface area contributed by atoms with Gasteiger partial charge in [-0.05, 0) is 108 Å². The lowest BCUT2D eigenvalue weighted by Gasteiger charge is -2.26. The van der Waals surface area contributed by atoms with Gasteiger partial charge in [0.1, 0.15) is 5.82 Å². The number of hydrogen-bond acceptors (Lipinski definition) is 3. The van der Waals surface area contributed by atoms with Crippen LogP contribution in [0.1, 0.15) is 5.56 Å². The Morgan fingerprint density at radius 3 is 1.81 bits per heavy atom. The Bertz CT molecular complexity index is 2900. The number of nitrogens with zero attached hydrogens (tertiary/aromatic N) is 3. The van der Waals surface area contributed by atoms with E-state index in [4.69, 9.17) is 4.98 Å². The van der Waals surface area contributed by atoms with Crippen molar-refractivity contribution < 1.29 is 0 Å². The predicted octanol–water partition coefficient (Wildman–Crippen LogP) is 13.7. The molecule has 3 heterocycles. The Labute approximate surface area is 306 Å². The molecule has 3 nitrogen and oxygen atoms in total. The van der Waals surface area contributed by atoms with Crippen LogP contribution in [0.25, 0.3) is 70.0 Å². The molecule has 0 unspecified atom stereocenters. The van der Waals surface area contributed by atoms with Crippen molar-refractivity contribution >= 4 is 70.4 Å². The summed E-state index contributed by atoms with van der Waals surface area (Å²) in [5.74, 6) is 0.939. The Kier molecular flexibility index (Phi) is 7.22. The van der Waals surface area contributed by atoms with Gasteiger partial charge < -0.3 is 4.90 Å². The second kappa shape index (κ2) is 12.4. The van der Waals surface area contributed by atoms with Gasteiger partial charge >= 0.3 is 0 Å². The second-order valence-electron chi connectivity index (χ2n) is 13.3. The molecule has 3 aromatic heterocycles. The first kappa shape index (κ1) is 30.3. The smallest absolute Gasteiger partial charge is 0.137 e. The Morgan fingerprint density at radius 2 is 1.04 bits per heavy atom. The summed E-state index contributed by atoms with van der Waals surface area (Å²) >= 11 is 1.85. The molecule has 4 heteroatoms. The van der Waals surface area contributed by atoms with Crippen molar-refractivity contribution in [3.8, 4) is 28.1 Å². The summed E-state index contributed by atoms with van der Waals surface area (Å²) < 4.78 is 4.88. The monoisotopic (exact) mass is 683 g/mol. The van der Waals surface area contributed by atoms with E-state index in [1.165, 1.54) is 58.8 Å². The van der Waals surface area contributed by atoms with Crippen molar-refractivity contribution in [2.45, 2.75) is 6.92 Å². The highest BCUT2D eigenvalue weighted by molar-refractivity contribution is 7.25. The zero-order valence-electron chi connectivity index (χ0n) is 28.6. The van der Waals surface area contributed by atoms with Gasteiger partial charge in [-0.3, -0.25) is 4.57 Å². The molecular formula is C48H33N3S. The van der Waals surface area contributed by atoms with Crippen LogP contribution in [-0.4, -0.2) is 9.55 Å². The van der Waals surface area contributed by atoms with Crippen molar-refractivity contribution in [1.82, 2.24) is 9.55 Å². The van der Waals surface area contributed by atoms with E-state index >= 15 is 0 Å². The van der Waals surface area contributed by atoms with Gasteiger partial charge in [0.05, 0.1) is 11.0 Å². The minimum absolute atomic E-state index is 0.939. The van der Waals surface area contributed by atoms with E-state index in [-0.39, 0.29) is 0 Å². The molecular weight excluding hydrogens is 651 g/mol. The van der Waals surface area contributed by atoms with E-state index in [0.29, 0.717) is 0 Å². The Balaban J connectivity index is 1.07. The van der Waals surface area contributed by atoms with Gasteiger partial charge in [0.25, 0.3) is 0 Å². The van der Waals surface area contributed by atoms with E-state index < -0.39 is 0 Å². The number of rotatable bonds is 6. The number of hydrogen-bond donors (Lipinski definition) is 0. The van der Waals surface area contributed by atoms with Crippen molar-refractivity contribution in [2.24, 2.45) is 0 Å². The topological polar surface area (TPSA) is 21.1 Å². The molecule has 0 aliphatic rings. The van der Waals surface area contributed by atoms with Crippen molar-refractivity contribution in [3.63, 3.8) is 0 Å². The first-order valence-corrected chi connectivity index (χ1v) is 18.4. The summed E-state index contributed by atoms with van der Waals surface area (Å²) in [6, 6.07) is 63.7. The lowest BCUT2D eigenvalue weighted by atomic mass is 10.0. The first-order chi connectivity index (χ1) is 25.7. The second-order valence-corrected chi connectivity index (χ2v) is 14.4. The maximum Gasteiger partial charge on any atom is 0.137 e. The zero-order valence-corrected chi connectivity index (χ0v) is 29.4. The number of fused-ring (bicyclic) bond motifs is 6. The molecule has 0 atom stereocenters. The van der Waals surface area contributed by atoms with Crippen LogP contribution in [0, 0.1) is 6.92 Å². The summed E-state index contributed by atoms with van der Waals surface area (Å²) in [4.78, 5) is 7.11. The summed E-state index contributed by atoms with van der Waals surface area (Å²) in [5.41, 5.74) is 11.7. The van der Waals surface area contributed by atoms with Crippen LogP contribution in [0.2, 0.25) is 0 Å². The fourth-order valence-corrected chi connectivity index (χ4v) is 8.72. The van der Waals surface area contributed by atoms with Crippen LogP contribution < -0.4 is 4.90 Å². The van der Waals surface area contributed by atoms with Gasteiger partial charge in [0, 0.05) is 54.2 Å². The molecule has 0 spiro atoms. The molecule has 10 aromatic rings. The van der Waals surface area contributed by atoms with Crippen molar-refractivity contribution in [1.29, 1.82) is 0 Å². The molecule has 0 aliphatic heterocycles. The van der Waals surface area contributed by atoms with Gasteiger partial charge in [-0.1, -0.05) is 103 Å². The average molecular weight is 684 g/mol. The highest BCUT2D eigenvalue weighted by atomic mass is 32.1. The van der Waals surface area contributed by atoms with E-state index in [1.54, 1.807) is 0 Å². The van der Waals surface area contributed by atoms with Crippen LogP contribution in [0.3, 0.4) is 0 Å². The number of aromatic nitrogens is 2. The third-order valence-electron chi connectivity index (χ3n) is 10.1. The molecule has 0 bridgehead atoms. The molecule has 7 aromatic carbocycles. The van der Waals surface area contributed by atoms with E-state index in [1.807, 2.05) is 23.6 Å². The van der Waals surface area contributed by atoms with E-state index in [2.05, 4.69) is 186 Å². The molecule has 10 rings (SSSR count). The molecule has 52 heavy (non-hydrogen) atoms. The van der Waals surface area contributed by atoms with Gasteiger partial charge in [-0.25, -0.2) is 4.98 Å².